The van der Waals surface area contributed by atoms with Crippen LogP contribution in [0, 0.1) is 11.3 Å². The molecule has 0 fully saturated rings. The molecule has 17 heavy (non-hydrogen) atoms. The number of nitrogens with zero attached hydrogens (tertiary/aromatic N) is 2. The van der Waals surface area contributed by atoms with Crippen molar-refractivity contribution >= 4 is 11.3 Å². The number of hydrogen-bond acceptors (Lipinski definition) is 4. The molecule has 0 saturated heterocycles. The van der Waals surface area contributed by atoms with Crippen LogP contribution in [0.25, 0.3) is 0 Å². The third kappa shape index (κ3) is 3.13. The van der Waals surface area contributed by atoms with Crippen LogP contribution in [0.5, 0.6) is 0 Å². The molecule has 0 bridgehead atoms. The van der Waals surface area contributed by atoms with Crippen molar-refractivity contribution in [1.29, 1.82) is 5.26 Å². The lowest BCUT2D eigenvalue weighted by molar-refractivity contribution is 0.578. The van der Waals surface area contributed by atoms with Gasteiger partial charge in [0.2, 0.25) is 0 Å². The fraction of sp³-hybridized carbons (Fsp3) is 0.231. The van der Waals surface area contributed by atoms with Crippen molar-refractivity contribution in [2.45, 2.75) is 19.5 Å². The predicted molar refractivity (Wildman–Crippen MR) is 68.5 cm³/mol. The van der Waals surface area contributed by atoms with E-state index in [1.165, 1.54) is 21.8 Å². The van der Waals surface area contributed by atoms with Gasteiger partial charge in [-0.05, 0) is 36.8 Å². The first-order chi connectivity index (χ1) is 8.29. The zero-order valence-electron chi connectivity index (χ0n) is 9.55. The Morgan fingerprint density at radius 1 is 1.35 bits per heavy atom. The Labute approximate surface area is 105 Å². The molecule has 0 aliphatic rings. The summed E-state index contributed by atoms with van der Waals surface area (Å²) in [4.78, 5) is 5.94. The van der Waals surface area contributed by atoms with Crippen molar-refractivity contribution in [2.75, 3.05) is 0 Å². The van der Waals surface area contributed by atoms with Crippen LogP contribution in [0.3, 0.4) is 0 Å². The fourth-order valence-corrected chi connectivity index (χ4v) is 2.31. The second-order valence-corrected chi connectivity index (χ2v) is 4.93. The minimum atomic E-state index is 0.283. The Bertz CT molecular complexity index is 513. The zero-order valence-corrected chi connectivity index (χ0v) is 10.4. The third-order valence-corrected chi connectivity index (χ3v) is 3.55. The summed E-state index contributed by atoms with van der Waals surface area (Å²) in [7, 11) is 0. The summed E-state index contributed by atoms with van der Waals surface area (Å²) in [5, 5.41) is 12.2. The first kappa shape index (κ1) is 11.8. The van der Waals surface area contributed by atoms with Crippen LogP contribution in [0.1, 0.15) is 28.3 Å². The van der Waals surface area contributed by atoms with E-state index in [0.717, 1.165) is 11.4 Å². The van der Waals surface area contributed by atoms with Gasteiger partial charge >= 0.3 is 0 Å². The highest BCUT2D eigenvalue weighted by molar-refractivity contribution is 7.12. The highest BCUT2D eigenvalue weighted by atomic mass is 32.1. The molecule has 4 heteroatoms. The lowest BCUT2D eigenvalue weighted by atomic mass is 10.1. The van der Waals surface area contributed by atoms with Gasteiger partial charge in [0, 0.05) is 29.9 Å². The molecular weight excluding hydrogens is 230 g/mol. The Morgan fingerprint density at radius 2 is 2.12 bits per heavy atom. The van der Waals surface area contributed by atoms with Gasteiger partial charge in [-0.1, -0.05) is 0 Å². The van der Waals surface area contributed by atoms with E-state index in [1.54, 1.807) is 12.4 Å². The Morgan fingerprint density at radius 3 is 2.76 bits per heavy atom. The molecule has 0 spiro atoms. The molecule has 86 valence electrons. The van der Waals surface area contributed by atoms with Crippen molar-refractivity contribution in [3.8, 4) is 6.07 Å². The van der Waals surface area contributed by atoms with Gasteiger partial charge < -0.3 is 5.32 Å². The molecule has 1 N–H and O–H groups in total. The molecule has 0 aromatic carbocycles. The first-order valence-corrected chi connectivity index (χ1v) is 6.23. The molecule has 2 rings (SSSR count). The van der Waals surface area contributed by atoms with Crippen LogP contribution in [0.2, 0.25) is 0 Å². The summed E-state index contributed by atoms with van der Waals surface area (Å²) in [6.07, 6.45) is 3.60. The number of thiophene rings is 1. The molecule has 3 nitrogen and oxygen atoms in total. The van der Waals surface area contributed by atoms with Crippen LogP contribution >= 0.6 is 11.3 Å². The maximum Gasteiger partial charge on any atom is 0.110 e. The summed E-state index contributed by atoms with van der Waals surface area (Å²) in [6, 6.07) is 10.3. The third-order valence-electron chi connectivity index (χ3n) is 2.56. The number of aromatic nitrogens is 1. The number of pyridine rings is 1. The van der Waals surface area contributed by atoms with Gasteiger partial charge in [0.1, 0.15) is 10.9 Å². The summed E-state index contributed by atoms with van der Waals surface area (Å²) in [6.45, 7) is 2.91. The van der Waals surface area contributed by atoms with Gasteiger partial charge in [0.05, 0.1) is 0 Å². The molecular formula is C13H13N3S. The highest BCUT2D eigenvalue weighted by Crippen LogP contribution is 2.17. The van der Waals surface area contributed by atoms with Gasteiger partial charge in [-0.25, -0.2) is 0 Å². The Hall–Kier alpha value is -1.70. The summed E-state index contributed by atoms with van der Waals surface area (Å²) in [5.74, 6) is 0. The topological polar surface area (TPSA) is 48.7 Å². The van der Waals surface area contributed by atoms with Crippen molar-refractivity contribution < 1.29 is 0 Å². The normalized spacial score (nSPS) is 12.0. The maximum absolute atomic E-state index is 8.74. The number of nitriles is 1. The second kappa shape index (κ2) is 5.58. The monoisotopic (exact) mass is 243 g/mol. The van der Waals surface area contributed by atoms with Crippen molar-refractivity contribution in [2.24, 2.45) is 0 Å². The van der Waals surface area contributed by atoms with Crippen molar-refractivity contribution in [1.82, 2.24) is 10.3 Å². The Kier molecular flexibility index (Phi) is 3.86. The predicted octanol–water partition coefficient (Wildman–Crippen LogP) is 2.87. The smallest absolute Gasteiger partial charge is 0.110 e. The lowest BCUT2D eigenvalue weighted by Crippen LogP contribution is -2.17. The van der Waals surface area contributed by atoms with Gasteiger partial charge in [-0.2, -0.15) is 5.26 Å². The molecule has 0 radical (unpaired) electrons. The largest absolute Gasteiger partial charge is 0.305 e. The van der Waals surface area contributed by atoms with E-state index >= 15 is 0 Å². The van der Waals surface area contributed by atoms with E-state index in [-0.39, 0.29) is 6.04 Å². The van der Waals surface area contributed by atoms with Crippen LogP contribution in [-0.2, 0) is 6.54 Å². The second-order valence-electron chi connectivity index (χ2n) is 3.76. The van der Waals surface area contributed by atoms with Gasteiger partial charge in [0.15, 0.2) is 0 Å². The van der Waals surface area contributed by atoms with Gasteiger partial charge in [-0.15, -0.1) is 11.3 Å². The maximum atomic E-state index is 8.74. The van der Waals surface area contributed by atoms with Crippen molar-refractivity contribution in [3.63, 3.8) is 0 Å². The average molecular weight is 243 g/mol. The molecule has 0 saturated carbocycles. The minimum absolute atomic E-state index is 0.283. The van der Waals surface area contributed by atoms with Crippen LogP contribution in [0.4, 0.5) is 0 Å². The fourth-order valence-electron chi connectivity index (χ4n) is 1.56. The molecule has 2 aromatic rings. The molecule has 0 aliphatic heterocycles. The molecule has 2 aromatic heterocycles. The van der Waals surface area contributed by atoms with Gasteiger partial charge in [0.25, 0.3) is 0 Å². The lowest BCUT2D eigenvalue weighted by Gasteiger charge is -2.12. The van der Waals surface area contributed by atoms with E-state index < -0.39 is 0 Å². The molecule has 0 aliphatic carbocycles. The molecule has 1 unspecified atom stereocenters. The standard InChI is InChI=1S/C13H13N3S/c1-10(11-4-6-15-7-5-11)16-9-13-3-2-12(8-14)17-13/h2-7,10,16H,9H2,1H3. The van der Waals surface area contributed by atoms with Crippen LogP contribution in [0.15, 0.2) is 36.7 Å². The van der Waals surface area contributed by atoms with Gasteiger partial charge in [-0.3, -0.25) is 4.98 Å². The van der Waals surface area contributed by atoms with Crippen LogP contribution in [-0.4, -0.2) is 4.98 Å². The van der Waals surface area contributed by atoms with E-state index in [4.69, 9.17) is 5.26 Å². The van der Waals surface area contributed by atoms with E-state index in [9.17, 15) is 0 Å². The van der Waals surface area contributed by atoms with E-state index in [0.29, 0.717) is 0 Å². The molecule has 1 atom stereocenters. The number of hydrogen-bond donors (Lipinski definition) is 1. The van der Waals surface area contributed by atoms with Crippen molar-refractivity contribution in [3.05, 3.63) is 52.0 Å². The number of rotatable bonds is 4. The number of nitrogens with one attached hydrogen (secondary N) is 1. The van der Waals surface area contributed by atoms with E-state index in [1.807, 2.05) is 24.3 Å². The summed E-state index contributed by atoms with van der Waals surface area (Å²) in [5.41, 5.74) is 1.22. The first-order valence-electron chi connectivity index (χ1n) is 5.41. The Balaban J connectivity index is 1.92. The highest BCUT2D eigenvalue weighted by Gasteiger charge is 2.05. The summed E-state index contributed by atoms with van der Waals surface area (Å²) >= 11 is 1.53. The summed E-state index contributed by atoms with van der Waals surface area (Å²) < 4.78 is 0. The minimum Gasteiger partial charge on any atom is -0.305 e. The zero-order chi connectivity index (χ0) is 12.1. The average Bonchev–Trinajstić information content (AvgIpc) is 2.85. The quantitative estimate of drug-likeness (QED) is 0.898. The van der Waals surface area contributed by atoms with E-state index in [2.05, 4.69) is 23.3 Å². The molecule has 2 heterocycles. The van der Waals surface area contributed by atoms with Crippen LogP contribution < -0.4 is 5.32 Å². The molecule has 0 amide bonds. The SMILES string of the molecule is CC(NCc1ccc(C#N)s1)c1ccncc1.